The molecule has 80 valence electrons. The normalized spacial score (nSPS) is 9.80. The molecule has 0 bridgehead atoms. The zero-order valence-corrected chi connectivity index (χ0v) is 8.11. The molecule has 0 amide bonds. The number of carbonyl (C=O) groups excluding carboxylic acids is 1. The smallest absolute Gasteiger partial charge is 0.345 e. The third kappa shape index (κ3) is 1.93. The Balaban J connectivity index is 3.48. The number of hydrogen-bond acceptors (Lipinski definition) is 4. The minimum absolute atomic E-state index is 0.0870. The van der Waals surface area contributed by atoms with Crippen LogP contribution in [-0.2, 0) is 4.74 Å². The first-order chi connectivity index (χ1) is 6.99. The quantitative estimate of drug-likeness (QED) is 0.427. The van der Waals surface area contributed by atoms with Crippen molar-refractivity contribution in [3.63, 3.8) is 0 Å². The van der Waals surface area contributed by atoms with Crippen molar-refractivity contribution in [1.82, 2.24) is 0 Å². The van der Waals surface area contributed by atoms with Gasteiger partial charge in [-0.1, -0.05) is 0 Å². The predicted molar refractivity (Wildman–Crippen MR) is 49.1 cm³/mol. The Bertz CT molecular complexity index is 430. The molecule has 1 aromatic carbocycles. The number of carbonyl (C=O) groups is 1. The third-order valence-corrected chi connectivity index (χ3v) is 1.96. The number of rotatable bonds is 2. The third-order valence-electron chi connectivity index (χ3n) is 1.96. The second-order valence-corrected chi connectivity index (χ2v) is 2.82. The van der Waals surface area contributed by atoms with Crippen LogP contribution in [0.5, 0.6) is 0 Å². The van der Waals surface area contributed by atoms with Crippen LogP contribution in [0, 0.1) is 22.9 Å². The van der Waals surface area contributed by atoms with Gasteiger partial charge < -0.3 is 4.74 Å². The fourth-order valence-electron chi connectivity index (χ4n) is 1.18. The maximum atomic E-state index is 13.1. The molecule has 0 unspecified atom stereocenters. The summed E-state index contributed by atoms with van der Waals surface area (Å²) in [6.07, 6.45) is 0. The van der Waals surface area contributed by atoms with E-state index in [1.807, 2.05) is 0 Å². The first-order valence-corrected chi connectivity index (χ1v) is 4.00. The maximum absolute atomic E-state index is 13.1. The lowest BCUT2D eigenvalue weighted by molar-refractivity contribution is -0.385. The predicted octanol–water partition coefficient (Wildman–Crippen LogP) is 1.83. The van der Waals surface area contributed by atoms with Crippen molar-refractivity contribution in [3.8, 4) is 0 Å². The number of nitro benzene ring substituents is 1. The molecule has 15 heavy (non-hydrogen) atoms. The van der Waals surface area contributed by atoms with Crippen LogP contribution in [0.15, 0.2) is 12.1 Å². The average molecular weight is 213 g/mol. The number of methoxy groups -OCH3 is 1. The number of nitro groups is 1. The van der Waals surface area contributed by atoms with Gasteiger partial charge in [-0.3, -0.25) is 10.1 Å². The second kappa shape index (κ2) is 4.04. The average Bonchev–Trinajstić information content (AvgIpc) is 2.20. The van der Waals surface area contributed by atoms with Gasteiger partial charge in [0.2, 0.25) is 0 Å². The van der Waals surface area contributed by atoms with Crippen LogP contribution in [0.2, 0.25) is 0 Å². The van der Waals surface area contributed by atoms with Crippen LogP contribution in [0.3, 0.4) is 0 Å². The Labute approximate surface area is 84.6 Å². The summed E-state index contributed by atoms with van der Waals surface area (Å²) < 4.78 is 17.4. The van der Waals surface area contributed by atoms with E-state index in [1.165, 1.54) is 6.92 Å². The highest BCUT2D eigenvalue weighted by molar-refractivity contribution is 5.95. The Morgan fingerprint density at radius 3 is 2.60 bits per heavy atom. The molecule has 0 saturated heterocycles. The van der Waals surface area contributed by atoms with Gasteiger partial charge in [-0.25, -0.2) is 9.18 Å². The highest BCUT2D eigenvalue weighted by Crippen LogP contribution is 2.24. The largest absolute Gasteiger partial charge is 0.465 e. The molecule has 0 fully saturated rings. The molecule has 0 saturated carbocycles. The Kier molecular flexibility index (Phi) is 2.99. The summed E-state index contributed by atoms with van der Waals surface area (Å²) in [5.74, 6) is -1.60. The Morgan fingerprint density at radius 1 is 1.53 bits per heavy atom. The molecule has 0 aliphatic carbocycles. The topological polar surface area (TPSA) is 69.4 Å². The monoisotopic (exact) mass is 213 g/mol. The molecule has 1 rings (SSSR count). The van der Waals surface area contributed by atoms with Gasteiger partial charge in [-0.05, 0) is 13.0 Å². The first kappa shape index (κ1) is 11.1. The van der Waals surface area contributed by atoms with E-state index in [0.29, 0.717) is 0 Å². The maximum Gasteiger partial charge on any atom is 0.345 e. The summed E-state index contributed by atoms with van der Waals surface area (Å²) >= 11 is 0. The lowest BCUT2D eigenvalue weighted by Gasteiger charge is -2.05. The molecule has 0 aliphatic rings. The summed E-state index contributed by atoms with van der Waals surface area (Å²) in [6.45, 7) is 1.29. The van der Waals surface area contributed by atoms with Crippen LogP contribution in [0.25, 0.3) is 0 Å². The number of nitrogens with zero attached hydrogens (tertiary/aromatic N) is 1. The molecule has 0 aromatic heterocycles. The molecule has 0 N–H and O–H groups in total. The summed E-state index contributed by atoms with van der Waals surface area (Å²) in [4.78, 5) is 21.0. The van der Waals surface area contributed by atoms with Crippen LogP contribution in [0.4, 0.5) is 10.1 Å². The Morgan fingerprint density at radius 2 is 2.13 bits per heavy atom. The lowest BCUT2D eigenvalue weighted by atomic mass is 10.1. The van der Waals surface area contributed by atoms with Crippen LogP contribution >= 0.6 is 0 Å². The zero-order chi connectivity index (χ0) is 11.6. The van der Waals surface area contributed by atoms with Gasteiger partial charge in [0.25, 0.3) is 5.69 Å². The van der Waals surface area contributed by atoms with E-state index >= 15 is 0 Å². The molecule has 0 heterocycles. The number of ether oxygens (including phenoxy) is 1. The summed E-state index contributed by atoms with van der Waals surface area (Å²) in [6, 6.07) is 1.88. The standard InChI is InChI=1S/C9H8FNO4/c1-5-6(10)3-4-7(11(13)14)8(5)9(12)15-2/h3-4H,1-2H3. The molecule has 0 spiro atoms. The number of hydrogen-bond donors (Lipinski definition) is 0. The molecule has 5 nitrogen and oxygen atoms in total. The van der Waals surface area contributed by atoms with Gasteiger partial charge in [0, 0.05) is 11.6 Å². The van der Waals surface area contributed by atoms with E-state index in [4.69, 9.17) is 0 Å². The molecule has 0 radical (unpaired) electrons. The molecule has 0 atom stereocenters. The van der Waals surface area contributed by atoms with E-state index in [2.05, 4.69) is 4.74 Å². The van der Waals surface area contributed by atoms with E-state index in [-0.39, 0.29) is 11.1 Å². The van der Waals surface area contributed by atoms with E-state index in [0.717, 1.165) is 19.2 Å². The van der Waals surface area contributed by atoms with Gasteiger partial charge in [-0.15, -0.1) is 0 Å². The van der Waals surface area contributed by atoms with Crippen molar-refractivity contribution in [2.75, 3.05) is 7.11 Å². The first-order valence-electron chi connectivity index (χ1n) is 4.00. The van der Waals surface area contributed by atoms with Gasteiger partial charge in [0.15, 0.2) is 0 Å². The van der Waals surface area contributed by atoms with Crippen molar-refractivity contribution < 1.29 is 18.8 Å². The van der Waals surface area contributed by atoms with Gasteiger partial charge in [-0.2, -0.15) is 0 Å². The molecule has 6 heteroatoms. The molecular formula is C9H8FNO4. The van der Waals surface area contributed by atoms with Crippen LogP contribution in [0.1, 0.15) is 15.9 Å². The van der Waals surface area contributed by atoms with Gasteiger partial charge >= 0.3 is 5.97 Å². The van der Waals surface area contributed by atoms with Crippen LogP contribution in [-0.4, -0.2) is 18.0 Å². The van der Waals surface area contributed by atoms with Crippen molar-refractivity contribution in [2.24, 2.45) is 0 Å². The van der Waals surface area contributed by atoms with Gasteiger partial charge in [0.05, 0.1) is 12.0 Å². The number of benzene rings is 1. The fraction of sp³-hybridized carbons (Fsp3) is 0.222. The van der Waals surface area contributed by atoms with E-state index in [9.17, 15) is 19.3 Å². The van der Waals surface area contributed by atoms with E-state index < -0.39 is 22.4 Å². The molecule has 0 aliphatic heterocycles. The fourth-order valence-corrected chi connectivity index (χ4v) is 1.18. The SMILES string of the molecule is COC(=O)c1c([N+](=O)[O-])ccc(F)c1C. The summed E-state index contributed by atoms with van der Waals surface area (Å²) in [5.41, 5.74) is -0.890. The highest BCUT2D eigenvalue weighted by atomic mass is 19.1. The summed E-state index contributed by atoms with van der Waals surface area (Å²) in [7, 11) is 1.08. The van der Waals surface area contributed by atoms with Crippen molar-refractivity contribution in [2.45, 2.75) is 6.92 Å². The van der Waals surface area contributed by atoms with Crippen molar-refractivity contribution in [3.05, 3.63) is 39.2 Å². The second-order valence-electron chi connectivity index (χ2n) is 2.82. The highest BCUT2D eigenvalue weighted by Gasteiger charge is 2.25. The van der Waals surface area contributed by atoms with Gasteiger partial charge in [0.1, 0.15) is 11.4 Å². The van der Waals surface area contributed by atoms with Crippen molar-refractivity contribution >= 4 is 11.7 Å². The zero-order valence-electron chi connectivity index (χ0n) is 8.11. The van der Waals surface area contributed by atoms with Crippen molar-refractivity contribution in [1.29, 1.82) is 0 Å². The van der Waals surface area contributed by atoms with Crippen LogP contribution < -0.4 is 0 Å². The minimum atomic E-state index is -0.918. The number of esters is 1. The Hall–Kier alpha value is -1.98. The summed E-state index contributed by atoms with van der Waals surface area (Å²) in [5, 5.41) is 10.6. The molecule has 1 aromatic rings. The minimum Gasteiger partial charge on any atom is -0.465 e. The number of halogens is 1. The molecular weight excluding hydrogens is 205 g/mol. The lowest BCUT2D eigenvalue weighted by Crippen LogP contribution is -2.09. The van der Waals surface area contributed by atoms with E-state index in [1.54, 1.807) is 0 Å².